The van der Waals surface area contributed by atoms with Crippen LogP contribution in [0.25, 0.3) is 11.0 Å². The second-order valence-electron chi connectivity index (χ2n) is 6.05. The fraction of sp³-hybridized carbons (Fsp3) is 0.250. The van der Waals surface area contributed by atoms with Gasteiger partial charge in [0.25, 0.3) is 0 Å². The molecule has 0 atom stereocenters. The van der Waals surface area contributed by atoms with Gasteiger partial charge >= 0.3 is 0 Å². The molecule has 0 saturated heterocycles. The summed E-state index contributed by atoms with van der Waals surface area (Å²) in [6, 6.07) is 14.0. The Morgan fingerprint density at radius 1 is 1.16 bits per heavy atom. The number of rotatable bonds is 7. The molecule has 0 fully saturated rings. The van der Waals surface area contributed by atoms with Gasteiger partial charge in [0.05, 0.1) is 18.3 Å². The molecule has 25 heavy (non-hydrogen) atoms. The minimum Gasteiger partial charge on any atom is -0.508 e. The molecule has 0 unspecified atom stereocenters. The lowest BCUT2D eigenvalue weighted by Gasteiger charge is -2.17. The number of ether oxygens (including phenoxy) is 1. The predicted molar refractivity (Wildman–Crippen MR) is 97.0 cm³/mol. The van der Waals surface area contributed by atoms with Gasteiger partial charge in [-0.25, -0.2) is 0 Å². The minimum atomic E-state index is -0.0543. The van der Waals surface area contributed by atoms with Crippen LogP contribution in [-0.4, -0.2) is 30.2 Å². The van der Waals surface area contributed by atoms with Crippen molar-refractivity contribution < 1.29 is 14.3 Å². The van der Waals surface area contributed by atoms with Gasteiger partial charge in [0.2, 0.25) is 0 Å². The van der Waals surface area contributed by atoms with E-state index in [-0.39, 0.29) is 11.2 Å². The van der Waals surface area contributed by atoms with Gasteiger partial charge in [-0.1, -0.05) is 12.1 Å². The van der Waals surface area contributed by atoms with Crippen LogP contribution in [-0.2, 0) is 6.54 Å². The Bertz CT molecular complexity index is 903. The Labute approximate surface area is 146 Å². The molecule has 5 nitrogen and oxygen atoms in total. The molecular weight excluding hydrogens is 318 g/mol. The summed E-state index contributed by atoms with van der Waals surface area (Å²) in [6.07, 6.45) is 2.26. The van der Waals surface area contributed by atoms with Gasteiger partial charge < -0.3 is 19.2 Å². The molecule has 1 heterocycles. The Kier molecular flexibility index (Phi) is 5.36. The van der Waals surface area contributed by atoms with Crippen LogP contribution in [0, 0.1) is 0 Å². The maximum absolute atomic E-state index is 11.7. The summed E-state index contributed by atoms with van der Waals surface area (Å²) in [5, 5.41) is 10.0. The molecule has 0 bridgehead atoms. The van der Waals surface area contributed by atoms with Crippen LogP contribution in [0.2, 0.25) is 0 Å². The van der Waals surface area contributed by atoms with Gasteiger partial charge in [0, 0.05) is 25.2 Å². The first-order chi connectivity index (χ1) is 12.1. The molecule has 3 rings (SSSR count). The van der Waals surface area contributed by atoms with Crippen LogP contribution < -0.4 is 10.2 Å². The molecule has 0 amide bonds. The van der Waals surface area contributed by atoms with E-state index in [1.165, 1.54) is 12.3 Å². The molecule has 0 saturated carbocycles. The first-order valence-electron chi connectivity index (χ1n) is 8.22. The number of phenols is 1. The average Bonchev–Trinajstić information content (AvgIpc) is 2.59. The molecule has 1 N–H and O–H groups in total. The quantitative estimate of drug-likeness (QED) is 0.669. The highest BCUT2D eigenvalue weighted by atomic mass is 16.5. The maximum atomic E-state index is 11.7. The summed E-state index contributed by atoms with van der Waals surface area (Å²) in [7, 11) is 2.04. The fourth-order valence-corrected chi connectivity index (χ4v) is 2.72. The Morgan fingerprint density at radius 3 is 2.88 bits per heavy atom. The highest BCUT2D eigenvalue weighted by Crippen LogP contribution is 2.18. The molecule has 5 heteroatoms. The third kappa shape index (κ3) is 4.61. The molecule has 0 aliphatic rings. The van der Waals surface area contributed by atoms with E-state index in [0.29, 0.717) is 23.3 Å². The van der Waals surface area contributed by atoms with Crippen LogP contribution in [0.3, 0.4) is 0 Å². The van der Waals surface area contributed by atoms with Crippen LogP contribution in [0.15, 0.2) is 64.0 Å². The van der Waals surface area contributed by atoms with Crippen molar-refractivity contribution in [3.63, 3.8) is 0 Å². The lowest BCUT2D eigenvalue weighted by molar-refractivity contribution is 0.258. The topological polar surface area (TPSA) is 62.9 Å². The van der Waals surface area contributed by atoms with E-state index < -0.39 is 0 Å². The lowest BCUT2D eigenvalue weighted by Crippen LogP contribution is -2.20. The lowest BCUT2D eigenvalue weighted by atomic mass is 10.2. The second kappa shape index (κ2) is 7.85. The molecule has 1 aromatic heterocycles. The summed E-state index contributed by atoms with van der Waals surface area (Å²) < 4.78 is 11.1. The van der Waals surface area contributed by atoms with E-state index in [4.69, 9.17) is 9.15 Å². The molecular formula is C20H21NO4. The summed E-state index contributed by atoms with van der Waals surface area (Å²) in [4.78, 5) is 13.9. The van der Waals surface area contributed by atoms with E-state index >= 15 is 0 Å². The van der Waals surface area contributed by atoms with Gasteiger partial charge in [0.1, 0.15) is 17.1 Å². The van der Waals surface area contributed by atoms with Gasteiger partial charge in [-0.05, 0) is 43.3 Å². The number of hydrogen-bond donors (Lipinski definition) is 1. The molecule has 0 spiro atoms. The monoisotopic (exact) mass is 339 g/mol. The number of nitrogens with zero attached hydrogens (tertiary/aromatic N) is 1. The molecule has 3 aromatic rings. The molecule has 0 radical (unpaired) electrons. The molecule has 0 aliphatic carbocycles. The number of benzene rings is 2. The van der Waals surface area contributed by atoms with E-state index in [2.05, 4.69) is 4.90 Å². The normalized spacial score (nSPS) is 11.1. The minimum absolute atomic E-state index is 0.0543. The highest BCUT2D eigenvalue weighted by molar-refractivity contribution is 5.77. The van der Waals surface area contributed by atoms with Crippen LogP contribution in [0.5, 0.6) is 11.5 Å². The summed E-state index contributed by atoms with van der Waals surface area (Å²) in [6.45, 7) is 2.22. The fourth-order valence-electron chi connectivity index (χ4n) is 2.72. The van der Waals surface area contributed by atoms with Gasteiger partial charge in [-0.3, -0.25) is 4.79 Å². The Hall–Kier alpha value is -2.79. The van der Waals surface area contributed by atoms with Crippen molar-refractivity contribution in [2.24, 2.45) is 0 Å². The van der Waals surface area contributed by atoms with Crippen molar-refractivity contribution >= 4 is 11.0 Å². The van der Waals surface area contributed by atoms with Crippen molar-refractivity contribution in [1.29, 1.82) is 0 Å². The zero-order valence-electron chi connectivity index (χ0n) is 14.1. The third-order valence-corrected chi connectivity index (χ3v) is 3.95. The van der Waals surface area contributed by atoms with Crippen LogP contribution in [0.4, 0.5) is 0 Å². The van der Waals surface area contributed by atoms with Crippen molar-refractivity contribution in [3.05, 3.63) is 70.6 Å². The van der Waals surface area contributed by atoms with E-state index in [0.717, 1.165) is 25.1 Å². The zero-order valence-corrected chi connectivity index (χ0v) is 14.1. The summed E-state index contributed by atoms with van der Waals surface area (Å²) in [5.41, 5.74) is 1.56. The summed E-state index contributed by atoms with van der Waals surface area (Å²) in [5.74, 6) is 0.981. The van der Waals surface area contributed by atoms with Gasteiger partial charge in [-0.2, -0.15) is 0 Å². The van der Waals surface area contributed by atoms with E-state index in [1.54, 1.807) is 30.3 Å². The molecule has 2 aromatic carbocycles. The maximum Gasteiger partial charge on any atom is 0.192 e. The first-order valence-corrected chi connectivity index (χ1v) is 8.22. The third-order valence-electron chi connectivity index (χ3n) is 3.95. The van der Waals surface area contributed by atoms with Crippen LogP contribution in [0.1, 0.15) is 12.0 Å². The largest absolute Gasteiger partial charge is 0.508 e. The van der Waals surface area contributed by atoms with Crippen molar-refractivity contribution in [2.75, 3.05) is 20.2 Å². The van der Waals surface area contributed by atoms with Crippen LogP contribution >= 0.6 is 0 Å². The van der Waals surface area contributed by atoms with Gasteiger partial charge in [-0.15, -0.1) is 0 Å². The Balaban J connectivity index is 1.47. The standard InChI is InChI=1S/C20H21NO4/c1-21(14-15-4-2-5-16(22)12-15)9-3-10-24-17-6-7-18-19(23)8-11-25-20(18)13-17/h2,4-8,11-13,22H,3,9-10,14H2,1H3. The number of hydrogen-bond acceptors (Lipinski definition) is 5. The van der Waals surface area contributed by atoms with E-state index in [1.807, 2.05) is 19.2 Å². The Morgan fingerprint density at radius 2 is 2.04 bits per heavy atom. The first kappa shape index (κ1) is 17.0. The number of fused-ring (bicyclic) bond motifs is 1. The molecule has 130 valence electrons. The SMILES string of the molecule is CN(CCCOc1ccc2c(=O)ccoc2c1)Cc1cccc(O)c1. The average molecular weight is 339 g/mol. The van der Waals surface area contributed by atoms with E-state index in [9.17, 15) is 9.90 Å². The van der Waals surface area contributed by atoms with Crippen molar-refractivity contribution in [1.82, 2.24) is 4.90 Å². The number of phenolic OH excluding ortho intramolecular Hbond substituents is 1. The second-order valence-corrected chi connectivity index (χ2v) is 6.05. The summed E-state index contributed by atoms with van der Waals surface area (Å²) >= 11 is 0. The smallest absolute Gasteiger partial charge is 0.192 e. The highest BCUT2D eigenvalue weighted by Gasteiger charge is 2.04. The number of aromatic hydroxyl groups is 1. The molecule has 0 aliphatic heterocycles. The van der Waals surface area contributed by atoms with Crippen molar-refractivity contribution in [3.8, 4) is 11.5 Å². The van der Waals surface area contributed by atoms with Crippen molar-refractivity contribution in [2.45, 2.75) is 13.0 Å². The van der Waals surface area contributed by atoms with Gasteiger partial charge in [0.15, 0.2) is 5.43 Å². The zero-order chi connectivity index (χ0) is 17.6. The predicted octanol–water partition coefficient (Wildman–Crippen LogP) is 3.40.